The Labute approximate surface area is 104 Å². The van der Waals surface area contributed by atoms with Gasteiger partial charge in [0.15, 0.2) is 0 Å². The van der Waals surface area contributed by atoms with Gasteiger partial charge in [0.05, 0.1) is 5.56 Å². The minimum atomic E-state index is -1.33. The first kappa shape index (κ1) is 12.8. The van der Waals surface area contributed by atoms with Crippen LogP contribution in [0, 0.1) is 11.6 Å². The van der Waals surface area contributed by atoms with Crippen LogP contribution >= 0.6 is 0 Å². The average Bonchev–Trinajstić information content (AvgIpc) is 3.10. The molecule has 1 fully saturated rings. The third-order valence-corrected chi connectivity index (χ3v) is 3.00. The number of benzene rings is 1. The molecule has 0 aromatic heterocycles. The van der Waals surface area contributed by atoms with E-state index >= 15 is 0 Å². The molecule has 1 saturated carbocycles. The van der Waals surface area contributed by atoms with Gasteiger partial charge in [0.2, 0.25) is 0 Å². The molecule has 1 N–H and O–H groups in total. The van der Waals surface area contributed by atoms with Gasteiger partial charge in [-0.15, -0.1) is 0 Å². The van der Waals surface area contributed by atoms with Crippen LogP contribution in [0.3, 0.4) is 0 Å². The van der Waals surface area contributed by atoms with Crippen LogP contribution < -0.4 is 4.90 Å². The molecule has 0 spiro atoms. The number of carboxylic acids is 1. The summed E-state index contributed by atoms with van der Waals surface area (Å²) in [5, 5.41) is 8.74. The Balaban J connectivity index is 2.39. The monoisotopic (exact) mass is 255 g/mol. The summed E-state index contributed by atoms with van der Waals surface area (Å²) < 4.78 is 27.8. The third kappa shape index (κ3) is 2.44. The molecule has 18 heavy (non-hydrogen) atoms. The van der Waals surface area contributed by atoms with Gasteiger partial charge in [0.25, 0.3) is 0 Å². The fraction of sp³-hybridized carbons (Fsp3) is 0.462. The van der Waals surface area contributed by atoms with Crippen molar-refractivity contribution in [3.63, 3.8) is 0 Å². The number of hydrogen-bond donors (Lipinski definition) is 1. The predicted octanol–water partition coefficient (Wildman–Crippen LogP) is 3.04. The zero-order chi connectivity index (χ0) is 13.3. The minimum Gasteiger partial charge on any atom is -0.478 e. The maximum Gasteiger partial charge on any atom is 0.335 e. The maximum absolute atomic E-state index is 13.9. The second kappa shape index (κ2) is 4.92. The third-order valence-electron chi connectivity index (χ3n) is 3.00. The highest BCUT2D eigenvalue weighted by atomic mass is 19.1. The van der Waals surface area contributed by atoms with Gasteiger partial charge >= 0.3 is 5.97 Å². The molecule has 0 amide bonds. The zero-order valence-corrected chi connectivity index (χ0v) is 10.1. The van der Waals surface area contributed by atoms with Gasteiger partial charge in [-0.1, -0.05) is 6.92 Å². The van der Waals surface area contributed by atoms with Crippen molar-refractivity contribution >= 4 is 11.7 Å². The van der Waals surface area contributed by atoms with E-state index in [9.17, 15) is 13.6 Å². The van der Waals surface area contributed by atoms with Crippen molar-refractivity contribution in [3.8, 4) is 0 Å². The van der Waals surface area contributed by atoms with Gasteiger partial charge in [0, 0.05) is 12.6 Å². The average molecular weight is 255 g/mol. The topological polar surface area (TPSA) is 40.5 Å². The van der Waals surface area contributed by atoms with E-state index in [4.69, 9.17) is 5.11 Å². The number of carboxylic acid groups (broad SMARTS) is 1. The minimum absolute atomic E-state index is 0.0932. The Morgan fingerprint density at radius 3 is 2.33 bits per heavy atom. The van der Waals surface area contributed by atoms with E-state index in [0.717, 1.165) is 31.4 Å². The standard InChI is InChI=1S/C13H15F2NO2/c1-2-5-16(9-3-4-9)12-10(14)6-8(13(17)18)7-11(12)15/h6-7,9H,2-5H2,1H3,(H,17,18). The molecule has 1 aromatic carbocycles. The fourth-order valence-corrected chi connectivity index (χ4v) is 2.07. The van der Waals surface area contributed by atoms with Gasteiger partial charge in [-0.25, -0.2) is 13.6 Å². The van der Waals surface area contributed by atoms with E-state index in [1.807, 2.05) is 6.92 Å². The maximum atomic E-state index is 13.9. The van der Waals surface area contributed by atoms with E-state index in [-0.39, 0.29) is 17.3 Å². The van der Waals surface area contributed by atoms with Crippen molar-refractivity contribution in [3.05, 3.63) is 29.3 Å². The first-order valence-electron chi connectivity index (χ1n) is 6.03. The van der Waals surface area contributed by atoms with Crippen LogP contribution in [0.2, 0.25) is 0 Å². The van der Waals surface area contributed by atoms with Crippen molar-refractivity contribution in [2.75, 3.05) is 11.4 Å². The molecule has 0 radical (unpaired) electrons. The molecule has 3 nitrogen and oxygen atoms in total. The molecular formula is C13H15F2NO2. The summed E-state index contributed by atoms with van der Waals surface area (Å²) in [5.74, 6) is -2.92. The smallest absolute Gasteiger partial charge is 0.335 e. The number of nitrogens with zero attached hydrogens (tertiary/aromatic N) is 1. The summed E-state index contributed by atoms with van der Waals surface area (Å²) in [6.07, 6.45) is 2.65. The number of halogens is 2. The Morgan fingerprint density at radius 2 is 1.94 bits per heavy atom. The Hall–Kier alpha value is -1.65. The van der Waals surface area contributed by atoms with Crippen LogP contribution in [0.25, 0.3) is 0 Å². The summed E-state index contributed by atoms with van der Waals surface area (Å²) >= 11 is 0. The lowest BCUT2D eigenvalue weighted by atomic mass is 10.1. The Kier molecular flexibility index (Phi) is 3.50. The zero-order valence-electron chi connectivity index (χ0n) is 10.1. The van der Waals surface area contributed by atoms with Crippen LogP contribution in [-0.2, 0) is 0 Å². The van der Waals surface area contributed by atoms with Crippen molar-refractivity contribution in [1.82, 2.24) is 0 Å². The molecule has 0 bridgehead atoms. The normalized spacial score (nSPS) is 14.6. The van der Waals surface area contributed by atoms with Crippen LogP contribution in [0.15, 0.2) is 12.1 Å². The van der Waals surface area contributed by atoms with E-state index in [2.05, 4.69) is 0 Å². The summed E-state index contributed by atoms with van der Waals surface area (Å²) in [7, 11) is 0. The van der Waals surface area contributed by atoms with E-state index < -0.39 is 17.6 Å². The second-order valence-corrected chi connectivity index (χ2v) is 4.52. The lowest BCUT2D eigenvalue weighted by molar-refractivity contribution is 0.0696. The SMILES string of the molecule is CCCN(c1c(F)cc(C(=O)O)cc1F)C1CC1. The molecule has 5 heteroatoms. The van der Waals surface area contributed by atoms with Crippen molar-refractivity contribution in [2.24, 2.45) is 0 Å². The molecule has 2 rings (SSSR count). The first-order valence-corrected chi connectivity index (χ1v) is 6.03. The predicted molar refractivity (Wildman–Crippen MR) is 64.0 cm³/mol. The molecule has 0 aliphatic heterocycles. The number of aromatic carboxylic acids is 1. The summed E-state index contributed by atoms with van der Waals surface area (Å²) in [6.45, 7) is 2.52. The fourth-order valence-electron chi connectivity index (χ4n) is 2.07. The quantitative estimate of drug-likeness (QED) is 0.879. The van der Waals surface area contributed by atoms with Crippen LogP contribution in [0.5, 0.6) is 0 Å². The van der Waals surface area contributed by atoms with Crippen LogP contribution in [-0.4, -0.2) is 23.7 Å². The molecule has 0 unspecified atom stereocenters. The van der Waals surface area contributed by atoms with Crippen molar-refractivity contribution in [2.45, 2.75) is 32.2 Å². The van der Waals surface area contributed by atoms with E-state index in [1.54, 1.807) is 4.90 Å². The molecule has 1 aliphatic carbocycles. The molecule has 98 valence electrons. The van der Waals surface area contributed by atoms with Gasteiger partial charge in [-0.2, -0.15) is 0 Å². The number of rotatable bonds is 5. The van der Waals surface area contributed by atoms with Crippen molar-refractivity contribution < 1.29 is 18.7 Å². The van der Waals surface area contributed by atoms with E-state index in [0.29, 0.717) is 6.54 Å². The number of hydrogen-bond acceptors (Lipinski definition) is 2. The lowest BCUT2D eigenvalue weighted by Crippen LogP contribution is -2.28. The number of carbonyl (C=O) groups is 1. The van der Waals surface area contributed by atoms with E-state index in [1.165, 1.54) is 0 Å². The Bertz CT molecular complexity index is 449. The highest BCUT2D eigenvalue weighted by Gasteiger charge is 2.32. The molecule has 0 atom stereocenters. The molecule has 0 saturated heterocycles. The Morgan fingerprint density at radius 1 is 1.39 bits per heavy atom. The summed E-state index contributed by atoms with van der Waals surface area (Å²) in [5.41, 5.74) is -0.453. The second-order valence-electron chi connectivity index (χ2n) is 4.52. The molecule has 0 heterocycles. The lowest BCUT2D eigenvalue weighted by Gasteiger charge is -2.25. The van der Waals surface area contributed by atoms with Gasteiger partial charge in [-0.05, 0) is 31.4 Å². The molecule has 1 aliphatic rings. The summed E-state index contributed by atoms with van der Waals surface area (Å²) in [6, 6.07) is 1.95. The van der Waals surface area contributed by atoms with Gasteiger partial charge < -0.3 is 10.0 Å². The largest absolute Gasteiger partial charge is 0.478 e. The highest BCUT2D eigenvalue weighted by Crippen LogP contribution is 2.35. The van der Waals surface area contributed by atoms with Crippen molar-refractivity contribution in [1.29, 1.82) is 0 Å². The highest BCUT2D eigenvalue weighted by molar-refractivity contribution is 5.88. The number of anilines is 1. The van der Waals surface area contributed by atoms with Crippen LogP contribution in [0.1, 0.15) is 36.5 Å². The first-order chi connectivity index (χ1) is 8.54. The van der Waals surface area contributed by atoms with Gasteiger partial charge in [0.1, 0.15) is 17.3 Å². The van der Waals surface area contributed by atoms with Gasteiger partial charge in [-0.3, -0.25) is 0 Å². The molecular weight excluding hydrogens is 240 g/mol. The molecule has 1 aromatic rings. The summed E-state index contributed by atoms with van der Waals surface area (Å²) in [4.78, 5) is 12.4. The van der Waals surface area contributed by atoms with Crippen LogP contribution in [0.4, 0.5) is 14.5 Å².